The third-order valence-corrected chi connectivity index (χ3v) is 9.45. The van der Waals surface area contributed by atoms with Gasteiger partial charge in [0.05, 0.1) is 22.0 Å². The molecule has 8 aromatic rings. The summed E-state index contributed by atoms with van der Waals surface area (Å²) in [5.74, 6) is 0. The second kappa shape index (κ2) is 10.8. The van der Waals surface area contributed by atoms with Gasteiger partial charge in [-0.15, -0.1) is 0 Å². The fourth-order valence-corrected chi connectivity index (χ4v) is 6.84. The fraction of sp³-hybridized carbons (Fsp3) is 0.167. The lowest BCUT2D eigenvalue weighted by Crippen LogP contribution is -2.34. The molecule has 0 atom stereocenters. The number of nitrogens with zero attached hydrogens (tertiary/aromatic N) is 2. The molecule has 6 heteroatoms. The predicted molar refractivity (Wildman–Crippen MR) is 188 cm³/mol. The van der Waals surface area contributed by atoms with Crippen molar-refractivity contribution in [3.05, 3.63) is 133 Å². The topological polar surface area (TPSA) is 21.9 Å². The van der Waals surface area contributed by atoms with Crippen molar-refractivity contribution in [1.29, 1.82) is 0 Å². The molecule has 0 amide bonds. The molecule has 3 aromatic heterocycles. The number of rotatable bonds is 5. The minimum absolute atomic E-state index is 0.0203. The van der Waals surface area contributed by atoms with Crippen molar-refractivity contribution in [3.63, 3.8) is 0 Å². The Balaban J connectivity index is 1.30. The zero-order valence-corrected chi connectivity index (χ0v) is 27.0. The molecule has 0 unspecified atom stereocenters. The van der Waals surface area contributed by atoms with E-state index in [0.717, 1.165) is 91.2 Å². The van der Waals surface area contributed by atoms with E-state index in [1.54, 1.807) is 12.1 Å². The lowest BCUT2D eigenvalue weighted by Gasteiger charge is -2.27. The number of aromatic nitrogens is 2. The average molecular weight is 642 g/mol. The van der Waals surface area contributed by atoms with Crippen molar-refractivity contribution in [2.45, 2.75) is 33.3 Å². The van der Waals surface area contributed by atoms with Gasteiger partial charge in [0, 0.05) is 42.1 Å². The van der Waals surface area contributed by atoms with Crippen LogP contribution in [0.5, 0.6) is 0 Å². The van der Waals surface area contributed by atoms with E-state index in [-0.39, 0.29) is 5.56 Å². The van der Waals surface area contributed by atoms with Crippen LogP contribution in [0.25, 0.3) is 71.8 Å². The van der Waals surface area contributed by atoms with Gasteiger partial charge in [-0.2, -0.15) is 13.2 Å². The van der Waals surface area contributed by atoms with Crippen LogP contribution in [0, 0.1) is 12.3 Å². The monoisotopic (exact) mass is 641 g/mol. The molecular formula is C42H34F3N2O+. The van der Waals surface area contributed by atoms with Crippen LogP contribution in [-0.4, -0.2) is 10.7 Å². The van der Waals surface area contributed by atoms with Crippen LogP contribution in [0.4, 0.5) is 13.2 Å². The SMILES string of the molecule is [2H]C([2H])(c1ccc(-c2cc[n+](C)c(-c3c(C)ccc4c3oc3ccc5c(c6ccccc6n5-c5ccccc5)c34)c2)cc1)C(C)(C)C(F)(F)F. The van der Waals surface area contributed by atoms with Crippen LogP contribution in [0.2, 0.25) is 0 Å². The highest BCUT2D eigenvalue weighted by Gasteiger charge is 2.46. The molecule has 0 spiro atoms. The van der Waals surface area contributed by atoms with E-state index >= 15 is 0 Å². The van der Waals surface area contributed by atoms with Crippen LogP contribution >= 0.6 is 0 Å². The molecule has 0 bridgehead atoms. The summed E-state index contributed by atoms with van der Waals surface area (Å²) in [5.41, 5.74) is 6.76. The van der Waals surface area contributed by atoms with Crippen molar-refractivity contribution in [2.24, 2.45) is 12.5 Å². The molecule has 8 rings (SSSR count). The predicted octanol–water partition coefficient (Wildman–Crippen LogP) is 11.3. The van der Waals surface area contributed by atoms with Gasteiger partial charge in [0.15, 0.2) is 6.20 Å². The van der Waals surface area contributed by atoms with Crippen LogP contribution in [0.3, 0.4) is 0 Å². The molecule has 0 radical (unpaired) electrons. The number of pyridine rings is 1. The minimum atomic E-state index is -4.71. The molecule has 5 aromatic carbocycles. The van der Waals surface area contributed by atoms with E-state index in [2.05, 4.69) is 72.2 Å². The number of para-hydroxylation sites is 2. The van der Waals surface area contributed by atoms with Crippen LogP contribution in [0.1, 0.15) is 27.7 Å². The quantitative estimate of drug-likeness (QED) is 0.171. The maximum Gasteiger partial charge on any atom is 0.394 e. The van der Waals surface area contributed by atoms with Gasteiger partial charge in [0.2, 0.25) is 5.69 Å². The normalized spacial score (nSPS) is 13.5. The smallest absolute Gasteiger partial charge is 0.394 e. The first kappa shape index (κ1) is 27.7. The van der Waals surface area contributed by atoms with E-state index in [9.17, 15) is 13.2 Å². The number of aryl methyl sites for hydroxylation is 2. The number of fused-ring (bicyclic) bond motifs is 7. The van der Waals surface area contributed by atoms with Crippen molar-refractivity contribution in [1.82, 2.24) is 4.57 Å². The number of halogens is 3. The van der Waals surface area contributed by atoms with E-state index in [4.69, 9.17) is 7.16 Å². The Morgan fingerprint density at radius 2 is 1.48 bits per heavy atom. The maximum atomic E-state index is 13.8. The lowest BCUT2D eigenvalue weighted by molar-refractivity contribution is -0.660. The minimum Gasteiger partial charge on any atom is -0.455 e. The molecule has 0 aliphatic rings. The van der Waals surface area contributed by atoms with Crippen molar-refractivity contribution >= 4 is 43.7 Å². The van der Waals surface area contributed by atoms with E-state index < -0.39 is 18.0 Å². The number of hydrogen-bond donors (Lipinski definition) is 0. The maximum absolute atomic E-state index is 13.8. The van der Waals surface area contributed by atoms with Crippen LogP contribution in [-0.2, 0) is 13.4 Å². The number of hydrogen-bond acceptors (Lipinski definition) is 1. The number of benzene rings is 5. The molecule has 238 valence electrons. The van der Waals surface area contributed by atoms with Gasteiger partial charge in [-0.25, -0.2) is 4.57 Å². The van der Waals surface area contributed by atoms with Crippen LogP contribution < -0.4 is 4.57 Å². The van der Waals surface area contributed by atoms with Gasteiger partial charge in [0.25, 0.3) is 0 Å². The lowest BCUT2D eigenvalue weighted by atomic mass is 9.84. The summed E-state index contributed by atoms with van der Waals surface area (Å²) in [4.78, 5) is 0. The van der Waals surface area contributed by atoms with Gasteiger partial charge < -0.3 is 8.98 Å². The van der Waals surface area contributed by atoms with Gasteiger partial charge in [-0.05, 0) is 65.9 Å². The summed E-state index contributed by atoms with van der Waals surface area (Å²) in [5, 5.41) is 4.32. The Bertz CT molecular complexity index is 2600. The first-order valence-corrected chi connectivity index (χ1v) is 15.9. The molecule has 0 aliphatic carbocycles. The van der Waals surface area contributed by atoms with Gasteiger partial charge in [-0.3, -0.25) is 0 Å². The van der Waals surface area contributed by atoms with E-state index in [1.165, 1.54) is 12.1 Å². The van der Waals surface area contributed by atoms with Gasteiger partial charge in [0.1, 0.15) is 18.2 Å². The molecule has 0 saturated carbocycles. The summed E-state index contributed by atoms with van der Waals surface area (Å²) in [6, 6.07) is 37.5. The fourth-order valence-electron chi connectivity index (χ4n) is 6.84. The average Bonchev–Trinajstić information content (AvgIpc) is 3.64. The van der Waals surface area contributed by atoms with Gasteiger partial charge >= 0.3 is 6.18 Å². The molecule has 0 N–H and O–H groups in total. The van der Waals surface area contributed by atoms with E-state index in [1.807, 2.05) is 48.1 Å². The number of furan rings is 1. The van der Waals surface area contributed by atoms with Crippen molar-refractivity contribution in [2.75, 3.05) is 0 Å². The standard InChI is InChI=1S/C42H34F3N2O/c1-26-14-19-32-39-36(21-20-34-38(39)31-12-8-9-13-33(31)47(34)30-10-6-5-7-11-30)48-40(32)37(26)35-24-29(22-23-46(35)4)28-17-15-27(16-18-28)25-41(2,3)42(43,44)45/h5-24H,25H2,1-4H3/q+1/i25D2. The number of alkyl halides is 3. The molecule has 0 aliphatic heterocycles. The molecule has 0 saturated heterocycles. The third-order valence-electron chi connectivity index (χ3n) is 9.45. The highest BCUT2D eigenvalue weighted by atomic mass is 19.4. The highest BCUT2D eigenvalue weighted by molar-refractivity contribution is 6.28. The Labute approximate surface area is 279 Å². The Morgan fingerprint density at radius 3 is 2.23 bits per heavy atom. The first-order valence-electron chi connectivity index (χ1n) is 16.9. The Hall–Kier alpha value is -5.36. The summed E-state index contributed by atoms with van der Waals surface area (Å²) < 4.78 is 69.2. The molecular weight excluding hydrogens is 605 g/mol. The Morgan fingerprint density at radius 1 is 0.750 bits per heavy atom. The van der Waals surface area contributed by atoms with E-state index in [0.29, 0.717) is 0 Å². The summed E-state index contributed by atoms with van der Waals surface area (Å²) in [6.07, 6.45) is -5.37. The third kappa shape index (κ3) is 4.69. The largest absolute Gasteiger partial charge is 0.455 e. The second-order valence-corrected chi connectivity index (χ2v) is 13.0. The molecule has 48 heavy (non-hydrogen) atoms. The molecule has 3 nitrogen and oxygen atoms in total. The second-order valence-electron chi connectivity index (χ2n) is 13.0. The molecule has 0 fully saturated rings. The summed E-state index contributed by atoms with van der Waals surface area (Å²) >= 11 is 0. The molecule has 3 heterocycles. The van der Waals surface area contributed by atoms with Gasteiger partial charge in [-0.1, -0.05) is 86.6 Å². The summed E-state index contributed by atoms with van der Waals surface area (Å²) in [7, 11) is 1.97. The van der Waals surface area contributed by atoms with Crippen molar-refractivity contribution in [3.8, 4) is 28.1 Å². The summed E-state index contributed by atoms with van der Waals surface area (Å²) in [6.45, 7) is 3.86. The zero-order valence-electron chi connectivity index (χ0n) is 29.0. The van der Waals surface area contributed by atoms with Crippen LogP contribution in [0.15, 0.2) is 126 Å². The Kier molecular flexibility index (Phi) is 6.26. The van der Waals surface area contributed by atoms with Crippen molar-refractivity contribution < 1.29 is 24.9 Å². The highest BCUT2D eigenvalue weighted by Crippen LogP contribution is 2.44. The first-order chi connectivity index (χ1) is 23.8. The zero-order chi connectivity index (χ0) is 35.2.